The molecule has 0 radical (unpaired) electrons. The number of aryl methyl sites for hydroxylation is 2. The van der Waals surface area contributed by atoms with E-state index in [0.717, 1.165) is 16.4 Å². The molecule has 3 nitrogen and oxygen atoms in total. The van der Waals surface area contributed by atoms with Crippen molar-refractivity contribution in [2.24, 2.45) is 0 Å². The Balaban J connectivity index is 0.00000338. The van der Waals surface area contributed by atoms with Crippen LogP contribution in [-0.2, 0) is 5.41 Å². The molecule has 0 N–H and O–H groups in total. The van der Waals surface area contributed by atoms with Crippen LogP contribution in [0.2, 0.25) is 0 Å². The van der Waals surface area contributed by atoms with Gasteiger partial charge in [0, 0.05) is 0 Å². The second-order valence-corrected chi connectivity index (χ2v) is 8.43. The summed E-state index contributed by atoms with van der Waals surface area (Å²) < 4.78 is 10.7. The number of carbonyl (C=O) groups excluding carboxylic acids is 1. The van der Waals surface area contributed by atoms with E-state index in [1.807, 2.05) is 6.07 Å². The van der Waals surface area contributed by atoms with Gasteiger partial charge in [-0.15, -0.1) is 0 Å². The standard InChI is InChI=1S/C21H27O3P.Li.H/c1-13-11-15(21(3,4)5)12-14(2)19(13)25-20(22)18-16(23-6)9-8-10-17(18)24-7;;/h8-12,25H,1-7H3;;. The molecule has 0 aliphatic heterocycles. The van der Waals surface area contributed by atoms with Gasteiger partial charge in [0.2, 0.25) is 0 Å². The molecule has 1 unspecified atom stereocenters. The van der Waals surface area contributed by atoms with Gasteiger partial charge in [0.15, 0.2) is 5.52 Å². The number of benzene rings is 2. The van der Waals surface area contributed by atoms with Crippen LogP contribution in [0.25, 0.3) is 0 Å². The molecule has 0 aliphatic carbocycles. The minimum atomic E-state index is 0. The van der Waals surface area contributed by atoms with Gasteiger partial charge in [-0.25, -0.2) is 0 Å². The summed E-state index contributed by atoms with van der Waals surface area (Å²) in [6, 6.07) is 9.81. The third-order valence-corrected chi connectivity index (χ3v) is 5.81. The van der Waals surface area contributed by atoms with Gasteiger partial charge in [-0.2, -0.15) is 0 Å². The van der Waals surface area contributed by atoms with Crippen LogP contribution in [0.3, 0.4) is 0 Å². The van der Waals surface area contributed by atoms with Gasteiger partial charge in [0.1, 0.15) is 17.1 Å². The number of hydrogen-bond donors (Lipinski definition) is 0. The van der Waals surface area contributed by atoms with E-state index >= 15 is 0 Å². The molecule has 1 atom stereocenters. The van der Waals surface area contributed by atoms with Gasteiger partial charge in [-0.3, -0.25) is 4.79 Å². The van der Waals surface area contributed by atoms with Crippen molar-refractivity contribution in [1.82, 2.24) is 0 Å². The Bertz CT molecular complexity index is 749. The zero-order chi connectivity index (χ0) is 18.8. The summed E-state index contributed by atoms with van der Waals surface area (Å²) in [7, 11) is 3.18. The first-order chi connectivity index (χ1) is 11.7. The number of methoxy groups -OCH3 is 2. The molecule has 0 aromatic heterocycles. The summed E-state index contributed by atoms with van der Waals surface area (Å²) in [5, 5.41) is 1.10. The molecule has 0 aliphatic rings. The molecule has 2 aromatic carbocycles. The van der Waals surface area contributed by atoms with Crippen LogP contribution in [-0.4, -0.2) is 38.6 Å². The molecule has 0 amide bonds. The predicted molar refractivity (Wildman–Crippen MR) is 114 cm³/mol. The van der Waals surface area contributed by atoms with Gasteiger partial charge >= 0.3 is 18.9 Å². The fourth-order valence-electron chi connectivity index (χ4n) is 2.84. The molecule has 0 saturated carbocycles. The quantitative estimate of drug-likeness (QED) is 0.590. The van der Waals surface area contributed by atoms with Crippen molar-refractivity contribution in [1.29, 1.82) is 0 Å². The molecule has 0 bridgehead atoms. The van der Waals surface area contributed by atoms with Crippen LogP contribution in [0.4, 0.5) is 0 Å². The van der Waals surface area contributed by atoms with Crippen molar-refractivity contribution in [2.75, 3.05) is 14.2 Å². The van der Waals surface area contributed by atoms with E-state index < -0.39 is 0 Å². The summed E-state index contributed by atoms with van der Waals surface area (Å²) >= 11 is 0. The summed E-state index contributed by atoms with van der Waals surface area (Å²) in [5.41, 5.74) is 4.25. The molecule has 2 aromatic rings. The molecule has 0 heterocycles. The zero-order valence-corrected chi connectivity index (χ0v) is 17.1. The van der Waals surface area contributed by atoms with Crippen LogP contribution in [0.15, 0.2) is 30.3 Å². The molecule has 136 valence electrons. The summed E-state index contributed by atoms with van der Waals surface area (Å²) in [6.45, 7) is 10.8. The van der Waals surface area contributed by atoms with Crippen molar-refractivity contribution in [2.45, 2.75) is 40.0 Å². The average molecular weight is 366 g/mol. The SMILES string of the molecule is COc1cccc(OC)c1C(=O)Pc1c(C)cc(C(C)(C)C)cc1C.[LiH]. The van der Waals surface area contributed by atoms with Gasteiger partial charge in [-0.1, -0.05) is 39.0 Å². The zero-order valence-electron chi connectivity index (χ0n) is 16.1. The number of carbonyl (C=O) groups is 1. The third kappa shape index (κ3) is 4.92. The Labute approximate surface area is 170 Å². The normalized spacial score (nSPS) is 11.3. The van der Waals surface area contributed by atoms with Crippen LogP contribution in [0.1, 0.15) is 47.8 Å². The van der Waals surface area contributed by atoms with Crippen LogP contribution in [0, 0.1) is 13.8 Å². The second-order valence-electron chi connectivity index (χ2n) is 7.23. The van der Waals surface area contributed by atoms with Crippen molar-refractivity contribution in [3.05, 3.63) is 52.6 Å². The van der Waals surface area contributed by atoms with Crippen LogP contribution >= 0.6 is 8.58 Å². The molecule has 5 heteroatoms. The Kier molecular flexibility index (Phi) is 7.97. The van der Waals surface area contributed by atoms with Crippen LogP contribution < -0.4 is 14.8 Å². The maximum atomic E-state index is 13.0. The Hall–Kier alpha value is -1.26. The molecular weight excluding hydrogens is 338 g/mol. The maximum absolute atomic E-state index is 13.0. The van der Waals surface area contributed by atoms with E-state index in [-0.39, 0.29) is 38.4 Å². The van der Waals surface area contributed by atoms with E-state index in [0.29, 0.717) is 17.1 Å². The molecule has 0 fully saturated rings. The molecule has 26 heavy (non-hydrogen) atoms. The van der Waals surface area contributed by atoms with Gasteiger partial charge in [0.25, 0.3) is 0 Å². The Morgan fingerprint density at radius 1 is 0.962 bits per heavy atom. The molecule has 2 rings (SSSR count). The summed E-state index contributed by atoms with van der Waals surface area (Å²) in [6.07, 6.45) is 0. The monoisotopic (exact) mass is 366 g/mol. The average Bonchev–Trinajstić information content (AvgIpc) is 2.55. The fraction of sp³-hybridized carbons (Fsp3) is 0.381. The van der Waals surface area contributed by atoms with Crippen molar-refractivity contribution in [3.63, 3.8) is 0 Å². The Morgan fingerprint density at radius 3 is 1.81 bits per heavy atom. The van der Waals surface area contributed by atoms with Gasteiger partial charge < -0.3 is 9.47 Å². The topological polar surface area (TPSA) is 35.5 Å². The van der Waals surface area contributed by atoms with Gasteiger partial charge in [0.05, 0.1) is 14.2 Å². The second kappa shape index (κ2) is 9.09. The van der Waals surface area contributed by atoms with E-state index in [1.165, 1.54) is 5.56 Å². The van der Waals surface area contributed by atoms with Crippen LogP contribution in [0.5, 0.6) is 11.5 Å². The first-order valence-electron chi connectivity index (χ1n) is 8.33. The molecule has 0 spiro atoms. The molecular formula is C21H28LiO3P. The number of hydrogen-bond acceptors (Lipinski definition) is 3. The number of ether oxygens (including phenoxy) is 2. The Morgan fingerprint density at radius 2 is 1.42 bits per heavy atom. The third-order valence-electron chi connectivity index (χ3n) is 4.29. The summed E-state index contributed by atoms with van der Waals surface area (Å²) in [5.74, 6) is 1.11. The first-order valence-corrected chi connectivity index (χ1v) is 9.33. The van der Waals surface area contributed by atoms with E-state index in [2.05, 4.69) is 46.8 Å². The molecule has 0 saturated heterocycles. The fourth-order valence-corrected chi connectivity index (χ4v) is 3.98. The van der Waals surface area contributed by atoms with Crippen molar-refractivity contribution >= 4 is 38.3 Å². The summed E-state index contributed by atoms with van der Waals surface area (Å²) in [4.78, 5) is 13.0. The van der Waals surface area contributed by atoms with E-state index in [9.17, 15) is 4.79 Å². The minimum absolute atomic E-state index is 0. The van der Waals surface area contributed by atoms with E-state index in [1.54, 1.807) is 26.4 Å². The van der Waals surface area contributed by atoms with Crippen molar-refractivity contribution < 1.29 is 14.3 Å². The van der Waals surface area contributed by atoms with E-state index in [4.69, 9.17) is 9.47 Å². The van der Waals surface area contributed by atoms with Crippen molar-refractivity contribution in [3.8, 4) is 11.5 Å². The predicted octanol–water partition coefficient (Wildman–Crippen LogP) is 4.11. The first kappa shape index (κ1) is 22.8. The van der Waals surface area contributed by atoms with Gasteiger partial charge in [-0.05, 0) is 62.0 Å². The number of rotatable bonds is 5.